The van der Waals surface area contributed by atoms with Gasteiger partial charge in [-0.3, -0.25) is 18.2 Å². The highest BCUT2D eigenvalue weighted by molar-refractivity contribution is 7.90. The van der Waals surface area contributed by atoms with Gasteiger partial charge in [0.1, 0.15) is 23.3 Å². The molecule has 4 aromatic carbocycles. The van der Waals surface area contributed by atoms with Gasteiger partial charge in [-0.25, -0.2) is 17.6 Å². The number of alkyl halides is 4. The lowest BCUT2D eigenvalue weighted by atomic mass is 10.1. The Morgan fingerprint density at radius 3 is 1.57 bits per heavy atom. The van der Waals surface area contributed by atoms with Crippen LogP contribution in [0.5, 0.6) is 0 Å². The second-order valence-electron chi connectivity index (χ2n) is 15.2. The third-order valence-corrected chi connectivity index (χ3v) is 14.4. The van der Waals surface area contributed by atoms with E-state index in [-0.39, 0.29) is 52.6 Å². The van der Waals surface area contributed by atoms with Crippen LogP contribution in [0.4, 0.5) is 46.5 Å². The van der Waals surface area contributed by atoms with Crippen molar-refractivity contribution in [1.29, 1.82) is 0 Å². The zero-order chi connectivity index (χ0) is 48.5. The van der Waals surface area contributed by atoms with Crippen LogP contribution in [0.2, 0.25) is 0 Å². The van der Waals surface area contributed by atoms with Crippen LogP contribution < -0.4 is 13.9 Å². The van der Waals surface area contributed by atoms with Crippen LogP contribution in [0.25, 0.3) is 11.5 Å². The van der Waals surface area contributed by atoms with E-state index in [1.54, 1.807) is 5.32 Å². The average Bonchev–Trinajstić information content (AvgIpc) is 3.82. The SMILES string of the molecule is O=C(CNC(=O)C(F)F)c1ccc(CN(c2cccc(F)c2)S(=O)(=O)N2CCCCC2)c(F)c1.O=S(=O)(N1CCCCC1)N(Cc1ccc(-c2nnc(C(F)F)o2)cc1F)c1cccc(F)c1. The van der Waals surface area contributed by atoms with Crippen LogP contribution in [-0.4, -0.2) is 86.5 Å². The molecule has 2 aliphatic heterocycles. The van der Waals surface area contributed by atoms with Crippen molar-refractivity contribution < 1.29 is 66.0 Å². The molecule has 7 rings (SSSR count). The van der Waals surface area contributed by atoms with Crippen molar-refractivity contribution in [2.45, 2.75) is 64.5 Å². The van der Waals surface area contributed by atoms with Gasteiger partial charge in [0.15, 0.2) is 5.78 Å². The summed E-state index contributed by atoms with van der Waals surface area (Å²) in [6.45, 7) is -0.410. The minimum absolute atomic E-state index is 0.00260. The van der Waals surface area contributed by atoms with Crippen LogP contribution in [0, 0.1) is 23.3 Å². The predicted molar refractivity (Wildman–Crippen MR) is 228 cm³/mol. The smallest absolute Gasteiger partial charge is 0.315 e. The molecule has 0 spiro atoms. The number of nitrogens with one attached hydrogen (secondary N) is 1. The third kappa shape index (κ3) is 12.7. The van der Waals surface area contributed by atoms with Crippen LogP contribution >= 0.6 is 0 Å². The number of anilines is 2. The number of carbonyl (C=O) groups is 2. The van der Waals surface area contributed by atoms with Crippen molar-refractivity contribution in [2.75, 3.05) is 41.3 Å². The lowest BCUT2D eigenvalue weighted by molar-refractivity contribution is -0.131. The number of hydrogen-bond donors (Lipinski definition) is 1. The lowest BCUT2D eigenvalue weighted by Gasteiger charge is -2.33. The summed E-state index contributed by atoms with van der Waals surface area (Å²) in [6.07, 6.45) is -1.72. The number of ketones is 1. The molecule has 0 aliphatic carbocycles. The monoisotopic (exact) mass is 985 g/mol. The van der Waals surface area contributed by atoms with Gasteiger partial charge in [0.05, 0.1) is 31.0 Å². The summed E-state index contributed by atoms with van der Waals surface area (Å²) >= 11 is 0. The van der Waals surface area contributed by atoms with Gasteiger partial charge in [0.25, 0.3) is 11.8 Å². The molecule has 0 bridgehead atoms. The lowest BCUT2D eigenvalue weighted by Crippen LogP contribution is -2.46. The summed E-state index contributed by atoms with van der Waals surface area (Å²) in [7, 11) is -8.18. The molecule has 0 unspecified atom stereocenters. The highest BCUT2D eigenvalue weighted by atomic mass is 32.2. The van der Waals surface area contributed by atoms with Gasteiger partial charge >= 0.3 is 33.3 Å². The topological polar surface area (TPSA) is 166 Å². The van der Waals surface area contributed by atoms with E-state index >= 15 is 0 Å². The normalized spacial score (nSPS) is 15.0. The van der Waals surface area contributed by atoms with Crippen molar-refractivity contribution in [1.82, 2.24) is 24.1 Å². The molecule has 1 aromatic heterocycles. The number of nitrogens with zero attached hydrogens (tertiary/aromatic N) is 6. The molecular weight excluding hydrogens is 943 g/mol. The molecule has 2 saturated heterocycles. The highest BCUT2D eigenvalue weighted by Gasteiger charge is 2.34. The summed E-state index contributed by atoms with van der Waals surface area (Å²) in [5.74, 6) is -6.63. The number of piperidine rings is 2. The van der Waals surface area contributed by atoms with Crippen molar-refractivity contribution in [3.63, 3.8) is 0 Å². The molecule has 2 fully saturated rings. The summed E-state index contributed by atoms with van der Waals surface area (Å²) in [4.78, 5) is 23.0. The number of carbonyl (C=O) groups excluding carboxylic acids is 2. The second kappa shape index (κ2) is 22.2. The van der Waals surface area contributed by atoms with E-state index in [4.69, 9.17) is 4.42 Å². The minimum atomic E-state index is -4.11. The number of benzene rings is 4. The zero-order valence-electron chi connectivity index (χ0n) is 35.3. The van der Waals surface area contributed by atoms with Crippen molar-refractivity contribution >= 4 is 43.5 Å². The van der Waals surface area contributed by atoms with Gasteiger partial charge < -0.3 is 9.73 Å². The van der Waals surface area contributed by atoms with Crippen LogP contribution in [0.15, 0.2) is 89.3 Å². The predicted octanol–water partition coefficient (Wildman–Crippen LogP) is 7.96. The Kier molecular flexibility index (Phi) is 16.7. The minimum Gasteiger partial charge on any atom is -0.415 e. The maximum Gasteiger partial charge on any atom is 0.315 e. The number of rotatable bonds is 16. The number of Topliss-reactive ketones (excluding diaryl/α,β-unsaturated/α-hetero) is 1. The first-order valence-corrected chi connectivity index (χ1v) is 23.5. The highest BCUT2D eigenvalue weighted by Crippen LogP contribution is 2.31. The van der Waals surface area contributed by atoms with Gasteiger partial charge in [0, 0.05) is 48.4 Å². The number of amides is 1. The van der Waals surface area contributed by atoms with Crippen molar-refractivity contribution in [2.24, 2.45) is 0 Å². The summed E-state index contributed by atoms with van der Waals surface area (Å²) in [5, 5.41) is 8.43. The first-order chi connectivity index (χ1) is 31.8. The maximum atomic E-state index is 14.9. The average molecular weight is 986 g/mol. The summed E-state index contributed by atoms with van der Waals surface area (Å²) in [5.41, 5.74) is -0.142. The van der Waals surface area contributed by atoms with Crippen LogP contribution in [0.1, 0.15) is 72.3 Å². The fourth-order valence-electron chi connectivity index (χ4n) is 7.10. The van der Waals surface area contributed by atoms with Gasteiger partial charge in [-0.1, -0.05) is 43.2 Å². The zero-order valence-corrected chi connectivity index (χ0v) is 36.9. The largest absolute Gasteiger partial charge is 0.415 e. The Morgan fingerprint density at radius 1 is 0.642 bits per heavy atom. The van der Waals surface area contributed by atoms with Crippen molar-refractivity contribution in [3.8, 4) is 11.5 Å². The molecule has 3 heterocycles. The van der Waals surface area contributed by atoms with E-state index < -0.39 is 93.8 Å². The van der Waals surface area contributed by atoms with Gasteiger partial charge in [0.2, 0.25) is 5.89 Å². The molecule has 0 saturated carbocycles. The van der Waals surface area contributed by atoms with Gasteiger partial charge in [-0.15, -0.1) is 10.2 Å². The first-order valence-electron chi connectivity index (χ1n) is 20.7. The fraction of sp³-hybridized carbons (Fsp3) is 0.349. The molecule has 0 radical (unpaired) electrons. The number of aromatic nitrogens is 2. The maximum absolute atomic E-state index is 14.9. The molecule has 1 amide bonds. The molecule has 24 heteroatoms. The molecule has 360 valence electrons. The molecule has 14 nitrogen and oxygen atoms in total. The van der Waals surface area contributed by atoms with E-state index in [1.165, 1.54) is 63.2 Å². The van der Waals surface area contributed by atoms with E-state index in [1.807, 2.05) is 0 Å². The van der Waals surface area contributed by atoms with Gasteiger partial charge in [-0.2, -0.15) is 43.0 Å². The second-order valence-corrected chi connectivity index (χ2v) is 18.9. The molecule has 67 heavy (non-hydrogen) atoms. The Hall–Kier alpha value is -5.98. The van der Waals surface area contributed by atoms with Crippen LogP contribution in [0.3, 0.4) is 0 Å². The number of hydrogen-bond acceptors (Lipinski definition) is 9. The van der Waals surface area contributed by atoms with E-state index in [0.29, 0.717) is 38.8 Å². The molecular formula is C43H43F8N7O7S2. The van der Waals surface area contributed by atoms with E-state index in [2.05, 4.69) is 10.2 Å². The fourth-order valence-corrected chi connectivity index (χ4v) is 10.5. The van der Waals surface area contributed by atoms with Crippen LogP contribution in [-0.2, 0) is 38.3 Å². The Balaban J connectivity index is 0.000000221. The first kappa shape index (κ1) is 50.4. The Bertz CT molecular complexity index is 2760. The van der Waals surface area contributed by atoms with Gasteiger partial charge in [-0.05, 0) is 80.3 Å². The molecule has 2 aliphatic rings. The van der Waals surface area contributed by atoms with E-state index in [0.717, 1.165) is 51.8 Å². The summed E-state index contributed by atoms with van der Waals surface area (Å²) in [6, 6.07) is 16.9. The third-order valence-electron chi connectivity index (χ3n) is 10.6. The molecule has 5 aromatic rings. The van der Waals surface area contributed by atoms with E-state index in [9.17, 15) is 61.5 Å². The Labute approximate surface area is 380 Å². The van der Waals surface area contributed by atoms with Crippen molar-refractivity contribution in [3.05, 3.63) is 131 Å². The molecule has 0 atom stereocenters. The summed E-state index contributed by atoms with van der Waals surface area (Å²) < 4.78 is 170. The number of halogens is 8. The standard InChI is InChI=1S/C22H23F4N3O4S.C21H20F4N4O3S/c23-17-5-4-6-18(12-17)29(34(32,33)28-9-2-1-3-10-28)14-16-8-7-15(11-19(16)24)20(30)13-27-22(31)21(25)26;22-16-5-4-6-17(12-16)29(33(30,31)28-9-2-1-3-10-28)13-15-8-7-14(11-18(15)23)20-26-27-21(32-20)19(24)25/h4-8,11-12,21H,1-3,9-10,13-14H2,(H,27,31);4-8,11-12,19H,1-3,9-10,13H2. The Morgan fingerprint density at radius 2 is 1.13 bits per heavy atom. The quantitative estimate of drug-likeness (QED) is 0.0763. The molecule has 1 N–H and O–H groups in total.